The average Bonchev–Trinajstić information content (AvgIpc) is 3.04. The standard InChI is InChI=1S/C14H16N4O2/c1-17-9-16-11-10(2-4-15-12(11)17)13(19)18-6-14(7-18)3-5-20-8-14/h2,4,9H,3,5-8H2,1H3. The number of amides is 1. The molecule has 0 aliphatic carbocycles. The van der Waals surface area contributed by atoms with Crippen molar-refractivity contribution in [3.05, 3.63) is 24.2 Å². The molecule has 6 nitrogen and oxygen atoms in total. The summed E-state index contributed by atoms with van der Waals surface area (Å²) in [4.78, 5) is 23.1. The highest BCUT2D eigenvalue weighted by Gasteiger charge is 2.48. The normalized spacial score (nSPS) is 20.6. The van der Waals surface area contributed by atoms with Gasteiger partial charge < -0.3 is 14.2 Å². The smallest absolute Gasteiger partial charge is 0.256 e. The number of carbonyl (C=O) groups excluding carboxylic acids is 1. The van der Waals surface area contributed by atoms with E-state index in [0.29, 0.717) is 11.1 Å². The van der Waals surface area contributed by atoms with Crippen LogP contribution in [0.25, 0.3) is 11.2 Å². The zero-order chi connectivity index (χ0) is 13.7. The molecule has 20 heavy (non-hydrogen) atoms. The fraction of sp³-hybridized carbons (Fsp3) is 0.500. The summed E-state index contributed by atoms with van der Waals surface area (Å²) in [7, 11) is 1.88. The molecular weight excluding hydrogens is 256 g/mol. The van der Waals surface area contributed by atoms with Crippen LogP contribution in [0.15, 0.2) is 18.6 Å². The van der Waals surface area contributed by atoms with Gasteiger partial charge in [0.15, 0.2) is 5.65 Å². The summed E-state index contributed by atoms with van der Waals surface area (Å²) in [5.41, 5.74) is 2.29. The molecule has 2 saturated heterocycles. The zero-order valence-corrected chi connectivity index (χ0v) is 11.4. The molecule has 6 heteroatoms. The van der Waals surface area contributed by atoms with Gasteiger partial charge in [0.05, 0.1) is 18.5 Å². The molecule has 4 rings (SSSR count). The molecule has 2 aliphatic heterocycles. The van der Waals surface area contributed by atoms with E-state index < -0.39 is 0 Å². The van der Waals surface area contributed by atoms with Crippen LogP contribution in [-0.2, 0) is 11.8 Å². The number of likely N-dealkylation sites (tertiary alicyclic amines) is 1. The Bertz CT molecular complexity index is 680. The Morgan fingerprint density at radius 3 is 3.00 bits per heavy atom. The van der Waals surface area contributed by atoms with Gasteiger partial charge in [0.1, 0.15) is 5.52 Å². The minimum atomic E-state index is 0.0497. The van der Waals surface area contributed by atoms with Gasteiger partial charge in [-0.2, -0.15) is 0 Å². The highest BCUT2D eigenvalue weighted by atomic mass is 16.5. The van der Waals surface area contributed by atoms with Crippen LogP contribution in [-0.4, -0.2) is 51.6 Å². The maximum Gasteiger partial charge on any atom is 0.256 e. The van der Waals surface area contributed by atoms with E-state index in [9.17, 15) is 4.79 Å². The summed E-state index contributed by atoms with van der Waals surface area (Å²) in [6, 6.07) is 1.76. The fourth-order valence-electron chi connectivity index (χ4n) is 3.18. The van der Waals surface area contributed by atoms with Gasteiger partial charge in [0, 0.05) is 38.4 Å². The molecule has 1 spiro atoms. The number of nitrogens with zero attached hydrogens (tertiary/aromatic N) is 4. The highest BCUT2D eigenvalue weighted by Crippen LogP contribution is 2.39. The Morgan fingerprint density at radius 2 is 2.25 bits per heavy atom. The van der Waals surface area contributed by atoms with Crippen molar-refractivity contribution >= 4 is 17.1 Å². The second kappa shape index (κ2) is 4.02. The van der Waals surface area contributed by atoms with E-state index in [0.717, 1.165) is 38.4 Å². The molecule has 2 aromatic rings. The fourth-order valence-corrected chi connectivity index (χ4v) is 3.18. The van der Waals surface area contributed by atoms with Crippen LogP contribution in [0.1, 0.15) is 16.8 Å². The molecule has 0 atom stereocenters. The number of fused-ring (bicyclic) bond motifs is 1. The minimum absolute atomic E-state index is 0.0497. The molecule has 0 saturated carbocycles. The van der Waals surface area contributed by atoms with Gasteiger partial charge in [0.25, 0.3) is 5.91 Å². The van der Waals surface area contributed by atoms with Crippen molar-refractivity contribution in [3.8, 4) is 0 Å². The number of ether oxygens (including phenoxy) is 1. The first-order valence-corrected chi connectivity index (χ1v) is 6.82. The van der Waals surface area contributed by atoms with Crippen LogP contribution in [0.3, 0.4) is 0 Å². The van der Waals surface area contributed by atoms with Crippen molar-refractivity contribution in [1.29, 1.82) is 0 Å². The van der Waals surface area contributed by atoms with Gasteiger partial charge in [-0.1, -0.05) is 0 Å². The Balaban J connectivity index is 1.62. The second-order valence-electron chi connectivity index (χ2n) is 5.85. The van der Waals surface area contributed by atoms with Gasteiger partial charge in [-0.05, 0) is 12.5 Å². The monoisotopic (exact) mass is 272 g/mol. The number of imidazole rings is 1. The number of hydrogen-bond donors (Lipinski definition) is 0. The predicted octanol–water partition coefficient (Wildman–Crippen LogP) is 0.831. The summed E-state index contributed by atoms with van der Waals surface area (Å²) in [5, 5.41) is 0. The van der Waals surface area contributed by atoms with E-state index in [-0.39, 0.29) is 11.3 Å². The van der Waals surface area contributed by atoms with E-state index in [2.05, 4.69) is 9.97 Å². The quantitative estimate of drug-likeness (QED) is 0.771. The third kappa shape index (κ3) is 1.57. The second-order valence-corrected chi connectivity index (χ2v) is 5.85. The van der Waals surface area contributed by atoms with E-state index in [1.807, 2.05) is 16.5 Å². The Morgan fingerprint density at radius 1 is 1.40 bits per heavy atom. The number of aromatic nitrogens is 3. The lowest BCUT2D eigenvalue weighted by atomic mass is 9.79. The maximum atomic E-state index is 12.6. The molecule has 4 heterocycles. The summed E-state index contributed by atoms with van der Waals surface area (Å²) >= 11 is 0. The first-order chi connectivity index (χ1) is 9.69. The maximum absolute atomic E-state index is 12.6. The summed E-state index contributed by atoms with van der Waals surface area (Å²) < 4.78 is 7.27. The van der Waals surface area contributed by atoms with E-state index in [4.69, 9.17) is 4.74 Å². The molecule has 1 amide bonds. The molecule has 104 valence electrons. The SMILES string of the molecule is Cn1cnc2c(C(=O)N3CC4(CCOC4)C3)ccnc21. The van der Waals surface area contributed by atoms with Crippen LogP contribution >= 0.6 is 0 Å². The number of pyridine rings is 1. The van der Waals surface area contributed by atoms with Crippen molar-refractivity contribution in [2.24, 2.45) is 12.5 Å². The Kier molecular flexibility index (Phi) is 2.38. The van der Waals surface area contributed by atoms with Gasteiger partial charge in [-0.3, -0.25) is 4.79 Å². The van der Waals surface area contributed by atoms with Gasteiger partial charge in [-0.15, -0.1) is 0 Å². The first kappa shape index (κ1) is 11.8. The van der Waals surface area contributed by atoms with Gasteiger partial charge >= 0.3 is 0 Å². The van der Waals surface area contributed by atoms with E-state index in [1.54, 1.807) is 18.6 Å². The molecule has 0 N–H and O–H groups in total. The molecule has 0 radical (unpaired) electrons. The lowest BCUT2D eigenvalue weighted by molar-refractivity contribution is 0.000484. The number of carbonyl (C=O) groups is 1. The van der Waals surface area contributed by atoms with Crippen molar-refractivity contribution in [1.82, 2.24) is 19.4 Å². The van der Waals surface area contributed by atoms with E-state index >= 15 is 0 Å². The number of aryl methyl sites for hydroxylation is 1. The zero-order valence-electron chi connectivity index (χ0n) is 11.4. The van der Waals surface area contributed by atoms with Crippen LogP contribution in [0.2, 0.25) is 0 Å². The molecular formula is C14H16N4O2. The van der Waals surface area contributed by atoms with Crippen molar-refractivity contribution < 1.29 is 9.53 Å². The van der Waals surface area contributed by atoms with Gasteiger partial charge in [-0.25, -0.2) is 9.97 Å². The summed E-state index contributed by atoms with van der Waals surface area (Å²) in [6.07, 6.45) is 4.43. The molecule has 0 bridgehead atoms. The largest absolute Gasteiger partial charge is 0.381 e. The number of hydrogen-bond acceptors (Lipinski definition) is 4. The molecule has 0 aromatic carbocycles. The Labute approximate surface area is 116 Å². The van der Waals surface area contributed by atoms with E-state index in [1.165, 1.54) is 0 Å². The molecule has 2 aliphatic rings. The Hall–Kier alpha value is -1.95. The summed E-state index contributed by atoms with van der Waals surface area (Å²) in [5.74, 6) is 0.0497. The predicted molar refractivity (Wildman–Crippen MR) is 72.3 cm³/mol. The topological polar surface area (TPSA) is 60.2 Å². The lowest BCUT2D eigenvalue weighted by Gasteiger charge is -2.47. The lowest BCUT2D eigenvalue weighted by Crippen LogP contribution is -2.58. The molecule has 2 aromatic heterocycles. The summed E-state index contributed by atoms with van der Waals surface area (Å²) in [6.45, 7) is 3.19. The van der Waals surface area contributed by atoms with Gasteiger partial charge in [0.2, 0.25) is 0 Å². The number of rotatable bonds is 1. The molecule has 2 fully saturated rings. The average molecular weight is 272 g/mol. The van der Waals surface area contributed by atoms with Crippen LogP contribution in [0, 0.1) is 5.41 Å². The molecule has 0 unspecified atom stereocenters. The van der Waals surface area contributed by atoms with Crippen molar-refractivity contribution in [3.63, 3.8) is 0 Å². The third-order valence-electron chi connectivity index (χ3n) is 4.35. The highest BCUT2D eigenvalue weighted by molar-refractivity contribution is 6.04. The van der Waals surface area contributed by atoms with Crippen LogP contribution in [0.4, 0.5) is 0 Å². The minimum Gasteiger partial charge on any atom is -0.381 e. The first-order valence-electron chi connectivity index (χ1n) is 6.82. The third-order valence-corrected chi connectivity index (χ3v) is 4.35. The van der Waals surface area contributed by atoms with Crippen LogP contribution < -0.4 is 0 Å². The van der Waals surface area contributed by atoms with Crippen molar-refractivity contribution in [2.45, 2.75) is 6.42 Å². The van der Waals surface area contributed by atoms with Crippen LogP contribution in [0.5, 0.6) is 0 Å². The van der Waals surface area contributed by atoms with Crippen molar-refractivity contribution in [2.75, 3.05) is 26.3 Å².